The molecule has 1 N–H and O–H groups in total. The van der Waals surface area contributed by atoms with E-state index < -0.39 is 0 Å². The summed E-state index contributed by atoms with van der Waals surface area (Å²) in [7, 11) is 1.77. The topological polar surface area (TPSA) is 38.3 Å². The van der Waals surface area contributed by atoms with Gasteiger partial charge in [-0.05, 0) is 20.4 Å². The van der Waals surface area contributed by atoms with E-state index in [1.54, 1.807) is 7.05 Å². The van der Waals surface area contributed by atoms with Crippen LogP contribution >= 0.6 is 0 Å². The normalized spacial score (nSPS) is 13.0. The van der Waals surface area contributed by atoms with Crippen LogP contribution in [0.4, 0.5) is 0 Å². The first-order valence-corrected chi connectivity index (χ1v) is 4.00. The second kappa shape index (κ2) is 6.31. The third kappa shape index (κ3) is 4.93. The van der Waals surface area contributed by atoms with Gasteiger partial charge in [0.2, 0.25) is 0 Å². The van der Waals surface area contributed by atoms with Crippen LogP contribution in [0.3, 0.4) is 0 Å². The number of rotatable bonds is 6. The Balaban J connectivity index is 3.36. The molecule has 3 nitrogen and oxygen atoms in total. The largest absolute Gasteiger partial charge is 0.374 e. The van der Waals surface area contributed by atoms with Gasteiger partial charge in [0.15, 0.2) is 5.78 Å². The molecule has 1 atom stereocenters. The van der Waals surface area contributed by atoms with Crippen LogP contribution in [-0.4, -0.2) is 32.1 Å². The van der Waals surface area contributed by atoms with E-state index in [1.807, 2.05) is 13.8 Å². The highest BCUT2D eigenvalue weighted by atomic mass is 16.5. The van der Waals surface area contributed by atoms with Crippen LogP contribution in [0.1, 0.15) is 20.3 Å². The van der Waals surface area contributed by atoms with Crippen molar-refractivity contribution in [3.8, 4) is 0 Å². The number of likely N-dealkylation sites (N-methyl/N-ethyl adjacent to an activating group) is 1. The molecule has 0 aliphatic heterocycles. The van der Waals surface area contributed by atoms with Crippen LogP contribution in [0.2, 0.25) is 0 Å². The van der Waals surface area contributed by atoms with Crippen molar-refractivity contribution < 1.29 is 9.53 Å². The van der Waals surface area contributed by atoms with Crippen LogP contribution < -0.4 is 5.32 Å². The second-order valence-electron chi connectivity index (χ2n) is 2.53. The van der Waals surface area contributed by atoms with E-state index >= 15 is 0 Å². The van der Waals surface area contributed by atoms with Crippen molar-refractivity contribution in [2.24, 2.45) is 0 Å². The van der Waals surface area contributed by atoms with E-state index in [0.29, 0.717) is 6.61 Å². The molecule has 66 valence electrons. The lowest BCUT2D eigenvalue weighted by Crippen LogP contribution is -2.33. The molecule has 0 rings (SSSR count). The molecule has 0 heterocycles. The summed E-state index contributed by atoms with van der Waals surface area (Å²) < 4.78 is 5.08. The average molecular weight is 159 g/mol. The van der Waals surface area contributed by atoms with Gasteiger partial charge in [0.05, 0.1) is 6.04 Å². The highest BCUT2D eigenvalue weighted by molar-refractivity contribution is 5.84. The molecule has 0 fully saturated rings. The smallest absolute Gasteiger partial charge is 0.174 e. The minimum absolute atomic E-state index is 0.0909. The fraction of sp³-hybridized carbons (Fsp3) is 0.875. The van der Waals surface area contributed by atoms with Crippen molar-refractivity contribution in [1.82, 2.24) is 5.32 Å². The summed E-state index contributed by atoms with van der Waals surface area (Å²) >= 11 is 0. The molecule has 0 aliphatic carbocycles. The molecule has 0 aromatic carbocycles. The predicted molar refractivity (Wildman–Crippen MR) is 44.6 cm³/mol. The molecule has 11 heavy (non-hydrogen) atoms. The monoisotopic (exact) mass is 159 g/mol. The lowest BCUT2D eigenvalue weighted by atomic mass is 10.2. The fourth-order valence-corrected chi connectivity index (χ4v) is 0.603. The van der Waals surface area contributed by atoms with Gasteiger partial charge in [0.25, 0.3) is 0 Å². The molecule has 0 amide bonds. The zero-order valence-corrected chi connectivity index (χ0v) is 7.52. The molecular formula is C8H17NO2. The molecule has 0 radical (unpaired) electrons. The van der Waals surface area contributed by atoms with Crippen molar-refractivity contribution in [2.45, 2.75) is 26.3 Å². The second-order valence-corrected chi connectivity index (χ2v) is 2.53. The Hall–Kier alpha value is -0.410. The minimum atomic E-state index is -0.0909. The molecule has 1 unspecified atom stereocenters. The molecule has 0 saturated carbocycles. The third-order valence-corrected chi connectivity index (χ3v) is 1.51. The summed E-state index contributed by atoms with van der Waals surface area (Å²) in [5.41, 5.74) is 0. The van der Waals surface area contributed by atoms with Crippen molar-refractivity contribution in [3.63, 3.8) is 0 Å². The van der Waals surface area contributed by atoms with E-state index in [0.717, 1.165) is 6.42 Å². The predicted octanol–water partition coefficient (Wildman–Crippen LogP) is 0.590. The summed E-state index contributed by atoms with van der Waals surface area (Å²) in [6, 6.07) is -0.0909. The van der Waals surface area contributed by atoms with Gasteiger partial charge in [-0.2, -0.15) is 0 Å². The number of ketones is 1. The maximum atomic E-state index is 11.1. The number of carbonyl (C=O) groups excluding carboxylic acids is 1. The molecule has 0 aromatic rings. The number of hydrogen-bond acceptors (Lipinski definition) is 3. The quantitative estimate of drug-likeness (QED) is 0.576. The summed E-state index contributed by atoms with van der Waals surface area (Å²) in [5.74, 6) is 0.112. The van der Waals surface area contributed by atoms with Gasteiger partial charge in [0.1, 0.15) is 6.61 Å². The fourth-order valence-electron chi connectivity index (χ4n) is 0.603. The standard InChI is InChI=1S/C8H17NO2/c1-4-5-11-6-8(10)7(2)9-3/h7,9H,4-6H2,1-3H3. The van der Waals surface area contributed by atoms with Gasteiger partial charge in [-0.1, -0.05) is 6.92 Å². The number of hydrogen-bond donors (Lipinski definition) is 1. The molecular weight excluding hydrogens is 142 g/mol. The van der Waals surface area contributed by atoms with Crippen molar-refractivity contribution >= 4 is 5.78 Å². The molecule has 0 spiro atoms. The number of nitrogens with one attached hydrogen (secondary N) is 1. The van der Waals surface area contributed by atoms with Crippen LogP contribution in [0.25, 0.3) is 0 Å². The van der Waals surface area contributed by atoms with Crippen LogP contribution in [0, 0.1) is 0 Å². The van der Waals surface area contributed by atoms with Crippen LogP contribution in [0.5, 0.6) is 0 Å². The van der Waals surface area contributed by atoms with Gasteiger partial charge in [-0.25, -0.2) is 0 Å². The van der Waals surface area contributed by atoms with Crippen molar-refractivity contribution in [2.75, 3.05) is 20.3 Å². The van der Waals surface area contributed by atoms with Gasteiger partial charge in [-0.15, -0.1) is 0 Å². The summed E-state index contributed by atoms with van der Waals surface area (Å²) in [6.45, 7) is 4.75. The third-order valence-electron chi connectivity index (χ3n) is 1.51. The first kappa shape index (κ1) is 10.6. The van der Waals surface area contributed by atoms with Crippen LogP contribution in [-0.2, 0) is 9.53 Å². The Morgan fingerprint density at radius 2 is 2.27 bits per heavy atom. The number of carbonyl (C=O) groups is 1. The molecule has 0 bridgehead atoms. The zero-order valence-electron chi connectivity index (χ0n) is 7.52. The van der Waals surface area contributed by atoms with E-state index in [9.17, 15) is 4.79 Å². The van der Waals surface area contributed by atoms with Crippen LogP contribution in [0.15, 0.2) is 0 Å². The minimum Gasteiger partial charge on any atom is -0.374 e. The Morgan fingerprint density at radius 1 is 1.64 bits per heavy atom. The summed E-state index contributed by atoms with van der Waals surface area (Å²) in [4.78, 5) is 11.1. The van der Waals surface area contributed by atoms with Gasteiger partial charge in [0, 0.05) is 6.61 Å². The molecule has 0 aromatic heterocycles. The van der Waals surface area contributed by atoms with E-state index in [-0.39, 0.29) is 18.4 Å². The first-order chi connectivity index (χ1) is 5.22. The van der Waals surface area contributed by atoms with Gasteiger partial charge in [-0.3, -0.25) is 4.79 Å². The Labute approximate surface area is 68.1 Å². The van der Waals surface area contributed by atoms with Crippen molar-refractivity contribution in [1.29, 1.82) is 0 Å². The SMILES string of the molecule is CCCOCC(=O)C(C)NC. The Bertz CT molecular complexity index is 115. The summed E-state index contributed by atoms with van der Waals surface area (Å²) in [6.07, 6.45) is 0.960. The first-order valence-electron chi connectivity index (χ1n) is 4.00. The Kier molecular flexibility index (Phi) is 6.07. The van der Waals surface area contributed by atoms with Gasteiger partial charge < -0.3 is 10.1 Å². The van der Waals surface area contributed by atoms with E-state index in [2.05, 4.69) is 5.32 Å². The zero-order chi connectivity index (χ0) is 8.69. The highest BCUT2D eigenvalue weighted by Gasteiger charge is 2.08. The number of ether oxygens (including phenoxy) is 1. The summed E-state index contributed by atoms with van der Waals surface area (Å²) in [5, 5.41) is 2.86. The van der Waals surface area contributed by atoms with E-state index in [4.69, 9.17) is 4.74 Å². The molecule has 0 saturated heterocycles. The lowest BCUT2D eigenvalue weighted by Gasteiger charge is -2.08. The maximum Gasteiger partial charge on any atom is 0.174 e. The van der Waals surface area contributed by atoms with E-state index in [1.165, 1.54) is 0 Å². The average Bonchev–Trinajstić information content (AvgIpc) is 2.03. The van der Waals surface area contributed by atoms with Crippen molar-refractivity contribution in [3.05, 3.63) is 0 Å². The molecule has 0 aliphatic rings. The number of Topliss-reactive ketones (excluding diaryl/α,β-unsaturated/α-hetero) is 1. The lowest BCUT2D eigenvalue weighted by molar-refractivity contribution is -0.125. The molecule has 3 heteroatoms. The Morgan fingerprint density at radius 3 is 2.73 bits per heavy atom. The maximum absolute atomic E-state index is 11.1. The highest BCUT2D eigenvalue weighted by Crippen LogP contribution is 1.86. The van der Waals surface area contributed by atoms with Gasteiger partial charge >= 0.3 is 0 Å².